The van der Waals surface area contributed by atoms with Gasteiger partial charge in [0, 0.05) is 19.6 Å². The van der Waals surface area contributed by atoms with Crippen molar-refractivity contribution < 1.29 is 14.2 Å². The molecule has 0 N–H and O–H groups in total. The Morgan fingerprint density at radius 2 is 1.44 bits per heavy atom. The second-order valence-electron chi connectivity index (χ2n) is 5.94. The van der Waals surface area contributed by atoms with Crippen molar-refractivity contribution in [2.45, 2.75) is 53.1 Å². The van der Waals surface area contributed by atoms with Crippen LogP contribution < -0.4 is 0 Å². The quantitative estimate of drug-likeness (QED) is 0.601. The molecule has 3 nitrogen and oxygen atoms in total. The van der Waals surface area contributed by atoms with E-state index in [9.17, 15) is 0 Å². The molecule has 0 amide bonds. The molecule has 18 heavy (non-hydrogen) atoms. The van der Waals surface area contributed by atoms with Crippen molar-refractivity contribution >= 4 is 0 Å². The van der Waals surface area contributed by atoms with Crippen molar-refractivity contribution in [3.8, 4) is 0 Å². The summed E-state index contributed by atoms with van der Waals surface area (Å²) >= 11 is 0. The molecular weight excluding hydrogens is 228 g/mol. The molecule has 0 aliphatic rings. The molecule has 1 atom stereocenters. The minimum atomic E-state index is -0.0831. The van der Waals surface area contributed by atoms with E-state index in [1.165, 1.54) is 0 Å². The molecule has 0 saturated carbocycles. The first-order valence-electron chi connectivity index (χ1n) is 6.99. The molecule has 0 aliphatic heterocycles. The number of rotatable bonds is 10. The highest BCUT2D eigenvalue weighted by Crippen LogP contribution is 2.33. The lowest BCUT2D eigenvalue weighted by atomic mass is 9.76. The standard InChI is InChI=1S/C15H32O3/c1-8-13(3)15(10-16-6,11-17-7)12-18-14(4,5)9-2/h13H,8-12H2,1-7H3. The molecular formula is C15H32O3. The van der Waals surface area contributed by atoms with E-state index < -0.39 is 0 Å². The van der Waals surface area contributed by atoms with Gasteiger partial charge >= 0.3 is 0 Å². The highest BCUT2D eigenvalue weighted by atomic mass is 16.5. The van der Waals surface area contributed by atoms with Gasteiger partial charge in [0.2, 0.25) is 0 Å². The SMILES string of the molecule is CCC(C)C(COC)(COC)COC(C)(C)CC. The van der Waals surface area contributed by atoms with Gasteiger partial charge in [-0.1, -0.05) is 27.2 Å². The third kappa shape index (κ3) is 5.25. The second-order valence-corrected chi connectivity index (χ2v) is 5.94. The van der Waals surface area contributed by atoms with E-state index in [4.69, 9.17) is 14.2 Å². The number of methoxy groups -OCH3 is 2. The summed E-state index contributed by atoms with van der Waals surface area (Å²) in [6.45, 7) is 12.9. The van der Waals surface area contributed by atoms with Gasteiger partial charge in [-0.25, -0.2) is 0 Å². The van der Waals surface area contributed by atoms with Crippen LogP contribution in [0.25, 0.3) is 0 Å². The molecule has 0 saturated heterocycles. The van der Waals surface area contributed by atoms with E-state index in [2.05, 4.69) is 34.6 Å². The van der Waals surface area contributed by atoms with Gasteiger partial charge in [0.05, 0.1) is 25.4 Å². The van der Waals surface area contributed by atoms with Crippen LogP contribution >= 0.6 is 0 Å². The fraction of sp³-hybridized carbons (Fsp3) is 1.00. The maximum Gasteiger partial charge on any atom is 0.0624 e. The molecule has 1 unspecified atom stereocenters. The highest BCUT2D eigenvalue weighted by molar-refractivity contribution is 4.85. The van der Waals surface area contributed by atoms with Crippen LogP contribution in [0.3, 0.4) is 0 Å². The average Bonchev–Trinajstić information content (AvgIpc) is 2.35. The van der Waals surface area contributed by atoms with Gasteiger partial charge in [-0.3, -0.25) is 0 Å². The summed E-state index contributed by atoms with van der Waals surface area (Å²) in [6, 6.07) is 0. The molecule has 0 radical (unpaired) electrons. The molecule has 0 fully saturated rings. The topological polar surface area (TPSA) is 27.7 Å². The van der Waals surface area contributed by atoms with Gasteiger partial charge in [0.15, 0.2) is 0 Å². The monoisotopic (exact) mass is 260 g/mol. The van der Waals surface area contributed by atoms with Gasteiger partial charge in [-0.15, -0.1) is 0 Å². The van der Waals surface area contributed by atoms with E-state index in [-0.39, 0.29) is 11.0 Å². The van der Waals surface area contributed by atoms with Crippen molar-refractivity contribution in [3.05, 3.63) is 0 Å². The van der Waals surface area contributed by atoms with Gasteiger partial charge < -0.3 is 14.2 Å². The smallest absolute Gasteiger partial charge is 0.0624 e. The molecule has 110 valence electrons. The predicted octanol–water partition coefficient (Wildman–Crippen LogP) is 3.52. The van der Waals surface area contributed by atoms with Gasteiger partial charge in [-0.2, -0.15) is 0 Å². The van der Waals surface area contributed by atoms with E-state index in [0.717, 1.165) is 12.8 Å². The minimum absolute atomic E-state index is 0.0509. The van der Waals surface area contributed by atoms with E-state index in [0.29, 0.717) is 25.7 Å². The molecule has 0 bridgehead atoms. The third-order valence-electron chi connectivity index (χ3n) is 4.12. The summed E-state index contributed by atoms with van der Waals surface area (Å²) in [6.07, 6.45) is 2.10. The van der Waals surface area contributed by atoms with Crippen LogP contribution in [0.5, 0.6) is 0 Å². The molecule has 0 spiro atoms. The first-order valence-corrected chi connectivity index (χ1v) is 6.99. The summed E-state index contributed by atoms with van der Waals surface area (Å²) in [5, 5.41) is 0. The summed E-state index contributed by atoms with van der Waals surface area (Å²) in [4.78, 5) is 0. The largest absolute Gasteiger partial charge is 0.384 e. The second kappa shape index (κ2) is 8.13. The Morgan fingerprint density at radius 1 is 0.944 bits per heavy atom. The van der Waals surface area contributed by atoms with Crippen molar-refractivity contribution in [2.75, 3.05) is 34.0 Å². The number of ether oxygens (including phenoxy) is 3. The van der Waals surface area contributed by atoms with Crippen LogP contribution in [-0.4, -0.2) is 39.6 Å². The van der Waals surface area contributed by atoms with Crippen molar-refractivity contribution in [3.63, 3.8) is 0 Å². The molecule has 0 aromatic carbocycles. The normalized spacial score (nSPS) is 14.8. The summed E-state index contributed by atoms with van der Waals surface area (Å²) in [5.74, 6) is 0.505. The fourth-order valence-corrected chi connectivity index (χ4v) is 2.00. The zero-order valence-corrected chi connectivity index (χ0v) is 13.3. The summed E-state index contributed by atoms with van der Waals surface area (Å²) in [5.41, 5.74) is -0.134. The summed E-state index contributed by atoms with van der Waals surface area (Å²) in [7, 11) is 3.50. The first-order chi connectivity index (χ1) is 8.37. The van der Waals surface area contributed by atoms with Crippen LogP contribution in [0.15, 0.2) is 0 Å². The maximum atomic E-state index is 6.11. The zero-order valence-electron chi connectivity index (χ0n) is 13.3. The Balaban J connectivity index is 4.82. The van der Waals surface area contributed by atoms with Crippen LogP contribution in [0.1, 0.15) is 47.5 Å². The molecule has 0 aromatic rings. The van der Waals surface area contributed by atoms with Crippen molar-refractivity contribution in [1.29, 1.82) is 0 Å². The molecule has 0 aromatic heterocycles. The van der Waals surface area contributed by atoms with Crippen LogP contribution in [-0.2, 0) is 14.2 Å². The lowest BCUT2D eigenvalue weighted by molar-refractivity contribution is -0.124. The lowest BCUT2D eigenvalue weighted by Gasteiger charge is -2.40. The van der Waals surface area contributed by atoms with Crippen LogP contribution in [0.2, 0.25) is 0 Å². The molecule has 3 heteroatoms. The van der Waals surface area contributed by atoms with E-state index in [1.807, 2.05) is 0 Å². The van der Waals surface area contributed by atoms with Crippen molar-refractivity contribution in [2.24, 2.45) is 11.3 Å². The predicted molar refractivity (Wildman–Crippen MR) is 76.0 cm³/mol. The average molecular weight is 260 g/mol. The Morgan fingerprint density at radius 3 is 1.78 bits per heavy atom. The zero-order chi connectivity index (χ0) is 14.2. The Kier molecular flexibility index (Phi) is 8.08. The number of hydrogen-bond donors (Lipinski definition) is 0. The molecule has 0 heterocycles. The first kappa shape index (κ1) is 17.9. The lowest BCUT2D eigenvalue weighted by Crippen LogP contribution is -2.44. The van der Waals surface area contributed by atoms with Gasteiger partial charge in [-0.05, 0) is 26.2 Å². The highest BCUT2D eigenvalue weighted by Gasteiger charge is 2.37. The van der Waals surface area contributed by atoms with Crippen LogP contribution in [0, 0.1) is 11.3 Å². The van der Waals surface area contributed by atoms with Crippen molar-refractivity contribution in [1.82, 2.24) is 0 Å². The van der Waals surface area contributed by atoms with E-state index in [1.54, 1.807) is 14.2 Å². The third-order valence-corrected chi connectivity index (χ3v) is 4.12. The van der Waals surface area contributed by atoms with Crippen LogP contribution in [0.4, 0.5) is 0 Å². The maximum absolute atomic E-state index is 6.11. The Bertz CT molecular complexity index is 208. The Hall–Kier alpha value is -0.120. The van der Waals surface area contributed by atoms with E-state index >= 15 is 0 Å². The molecule has 0 rings (SSSR count). The number of hydrogen-bond acceptors (Lipinski definition) is 3. The van der Waals surface area contributed by atoms with Gasteiger partial charge in [0.1, 0.15) is 0 Å². The Labute approximate surface area is 113 Å². The summed E-state index contributed by atoms with van der Waals surface area (Å²) < 4.78 is 17.0. The fourth-order valence-electron chi connectivity index (χ4n) is 2.00. The van der Waals surface area contributed by atoms with Gasteiger partial charge in [0.25, 0.3) is 0 Å². The molecule has 0 aliphatic carbocycles. The minimum Gasteiger partial charge on any atom is -0.384 e.